The summed E-state index contributed by atoms with van der Waals surface area (Å²) in [5.41, 5.74) is 0.882. The molecule has 0 aliphatic carbocycles. The average molecular weight is 223 g/mol. The van der Waals surface area contributed by atoms with Crippen molar-refractivity contribution in [2.45, 2.75) is 20.8 Å². The summed E-state index contributed by atoms with van der Waals surface area (Å²) < 4.78 is 4.90. The molecule has 0 aliphatic rings. The highest BCUT2D eigenvalue weighted by Crippen LogP contribution is 2.09. The van der Waals surface area contributed by atoms with Crippen LogP contribution in [0.5, 0.6) is 0 Å². The minimum Gasteiger partial charge on any atom is -0.465 e. The van der Waals surface area contributed by atoms with Crippen LogP contribution in [0.1, 0.15) is 19.5 Å². The lowest BCUT2D eigenvalue weighted by molar-refractivity contribution is -0.141. The topological polar surface area (TPSA) is 55.3 Å². The van der Waals surface area contributed by atoms with Gasteiger partial charge in [-0.15, -0.1) is 0 Å². The van der Waals surface area contributed by atoms with Crippen molar-refractivity contribution in [2.24, 2.45) is 0 Å². The van der Waals surface area contributed by atoms with E-state index < -0.39 is 0 Å². The zero-order valence-electron chi connectivity index (χ0n) is 9.93. The predicted octanol–water partition coefficient (Wildman–Crippen LogP) is 1.17. The molecule has 1 aromatic heterocycles. The zero-order valence-corrected chi connectivity index (χ0v) is 9.93. The first-order valence-electron chi connectivity index (χ1n) is 5.36. The van der Waals surface area contributed by atoms with E-state index in [4.69, 9.17) is 4.74 Å². The smallest absolute Gasteiger partial charge is 0.325 e. The van der Waals surface area contributed by atoms with Crippen molar-refractivity contribution in [1.29, 1.82) is 0 Å². The normalized spacial score (nSPS) is 9.94. The van der Waals surface area contributed by atoms with Gasteiger partial charge in [0.2, 0.25) is 0 Å². The third-order valence-electron chi connectivity index (χ3n) is 2.12. The van der Waals surface area contributed by atoms with Crippen LogP contribution >= 0.6 is 0 Å². The number of hydrogen-bond acceptors (Lipinski definition) is 5. The van der Waals surface area contributed by atoms with Crippen molar-refractivity contribution in [3.8, 4) is 0 Å². The lowest BCUT2D eigenvalue weighted by Gasteiger charge is -2.20. The standard InChI is InChI=1S/C11H17N3O2/c1-4-14(7-11(15)16-5-2)10-6-9(3)12-8-13-10/h6,8H,4-5,7H2,1-3H3. The van der Waals surface area contributed by atoms with Crippen molar-refractivity contribution in [3.05, 3.63) is 18.1 Å². The largest absolute Gasteiger partial charge is 0.465 e. The summed E-state index contributed by atoms with van der Waals surface area (Å²) in [4.78, 5) is 21.4. The van der Waals surface area contributed by atoms with Gasteiger partial charge in [0.15, 0.2) is 0 Å². The Labute approximate surface area is 95.5 Å². The molecule has 16 heavy (non-hydrogen) atoms. The number of nitrogens with zero attached hydrogens (tertiary/aromatic N) is 3. The first kappa shape index (κ1) is 12.4. The number of aromatic nitrogens is 2. The second kappa shape index (κ2) is 6.05. The molecule has 5 nitrogen and oxygen atoms in total. The Morgan fingerprint density at radius 1 is 1.44 bits per heavy atom. The second-order valence-corrected chi connectivity index (χ2v) is 3.34. The number of rotatable bonds is 5. The van der Waals surface area contributed by atoms with E-state index in [1.165, 1.54) is 6.33 Å². The molecule has 0 saturated carbocycles. The molecule has 0 fully saturated rings. The molecule has 88 valence electrons. The Bertz CT molecular complexity index is 355. The first-order valence-corrected chi connectivity index (χ1v) is 5.36. The van der Waals surface area contributed by atoms with Crippen LogP contribution in [0.25, 0.3) is 0 Å². The minimum atomic E-state index is -0.236. The molecule has 0 amide bonds. The van der Waals surface area contributed by atoms with Crippen LogP contribution in [0.15, 0.2) is 12.4 Å². The van der Waals surface area contributed by atoms with Gasteiger partial charge in [-0.25, -0.2) is 9.97 Å². The average Bonchev–Trinajstić information content (AvgIpc) is 2.26. The van der Waals surface area contributed by atoms with Crippen molar-refractivity contribution in [1.82, 2.24) is 9.97 Å². The van der Waals surface area contributed by atoms with E-state index in [1.807, 2.05) is 24.8 Å². The fraction of sp³-hybridized carbons (Fsp3) is 0.545. The number of carbonyl (C=O) groups is 1. The molecule has 1 rings (SSSR count). The maximum atomic E-state index is 11.4. The van der Waals surface area contributed by atoms with E-state index in [0.29, 0.717) is 13.2 Å². The second-order valence-electron chi connectivity index (χ2n) is 3.34. The molecular weight excluding hydrogens is 206 g/mol. The van der Waals surface area contributed by atoms with Crippen LogP contribution in [0, 0.1) is 6.92 Å². The molecule has 0 bridgehead atoms. The van der Waals surface area contributed by atoms with Gasteiger partial charge in [0.05, 0.1) is 6.61 Å². The van der Waals surface area contributed by atoms with Gasteiger partial charge in [0.25, 0.3) is 0 Å². The fourth-order valence-corrected chi connectivity index (χ4v) is 1.33. The van der Waals surface area contributed by atoms with Gasteiger partial charge >= 0.3 is 5.97 Å². The third-order valence-corrected chi connectivity index (χ3v) is 2.12. The van der Waals surface area contributed by atoms with Crippen LogP contribution in [-0.4, -0.2) is 35.6 Å². The summed E-state index contributed by atoms with van der Waals surface area (Å²) in [6.45, 7) is 6.98. The first-order chi connectivity index (χ1) is 7.67. The molecule has 0 unspecified atom stereocenters. The van der Waals surface area contributed by atoms with E-state index in [2.05, 4.69) is 9.97 Å². The van der Waals surface area contributed by atoms with Crippen LogP contribution < -0.4 is 4.90 Å². The Balaban J connectivity index is 2.70. The molecule has 1 aromatic rings. The van der Waals surface area contributed by atoms with Gasteiger partial charge in [-0.1, -0.05) is 0 Å². The summed E-state index contributed by atoms with van der Waals surface area (Å²) in [5.74, 6) is 0.517. The number of likely N-dealkylation sites (N-methyl/N-ethyl adjacent to an activating group) is 1. The van der Waals surface area contributed by atoms with Crippen molar-refractivity contribution in [2.75, 3.05) is 24.6 Å². The van der Waals surface area contributed by atoms with Crippen molar-refractivity contribution in [3.63, 3.8) is 0 Å². The maximum absolute atomic E-state index is 11.4. The predicted molar refractivity (Wildman–Crippen MR) is 61.3 cm³/mol. The van der Waals surface area contributed by atoms with Gasteiger partial charge in [-0.05, 0) is 20.8 Å². The summed E-state index contributed by atoms with van der Waals surface area (Å²) in [7, 11) is 0. The third kappa shape index (κ3) is 3.49. The van der Waals surface area contributed by atoms with E-state index in [0.717, 1.165) is 11.5 Å². The van der Waals surface area contributed by atoms with Gasteiger partial charge < -0.3 is 9.64 Å². The van der Waals surface area contributed by atoms with Gasteiger partial charge in [0.1, 0.15) is 18.7 Å². The highest BCUT2D eigenvalue weighted by Gasteiger charge is 2.11. The minimum absolute atomic E-state index is 0.223. The summed E-state index contributed by atoms with van der Waals surface area (Å²) in [6, 6.07) is 1.85. The number of ether oxygens (including phenoxy) is 1. The monoisotopic (exact) mass is 223 g/mol. The number of carbonyl (C=O) groups excluding carboxylic acids is 1. The van der Waals surface area contributed by atoms with Crippen molar-refractivity contribution < 1.29 is 9.53 Å². The molecular formula is C11H17N3O2. The molecule has 0 atom stereocenters. The highest BCUT2D eigenvalue weighted by atomic mass is 16.5. The fourth-order valence-electron chi connectivity index (χ4n) is 1.33. The summed E-state index contributed by atoms with van der Waals surface area (Å²) in [5, 5.41) is 0. The van der Waals surface area contributed by atoms with Crippen LogP contribution in [0.2, 0.25) is 0 Å². The Morgan fingerprint density at radius 2 is 2.19 bits per heavy atom. The van der Waals surface area contributed by atoms with Gasteiger partial charge in [0, 0.05) is 18.3 Å². The molecule has 0 aliphatic heterocycles. The highest BCUT2D eigenvalue weighted by molar-refractivity contribution is 5.75. The molecule has 0 aromatic carbocycles. The van der Waals surface area contributed by atoms with E-state index in [-0.39, 0.29) is 12.5 Å². The summed E-state index contributed by atoms with van der Waals surface area (Å²) >= 11 is 0. The number of aryl methyl sites for hydroxylation is 1. The Kier molecular flexibility index (Phi) is 4.69. The SMILES string of the molecule is CCOC(=O)CN(CC)c1cc(C)ncn1. The van der Waals surface area contributed by atoms with Crippen LogP contribution in [0.4, 0.5) is 5.82 Å². The Hall–Kier alpha value is -1.65. The Morgan fingerprint density at radius 3 is 2.75 bits per heavy atom. The molecule has 1 heterocycles. The van der Waals surface area contributed by atoms with Gasteiger partial charge in [-0.3, -0.25) is 4.79 Å². The lowest BCUT2D eigenvalue weighted by Crippen LogP contribution is -2.31. The van der Waals surface area contributed by atoms with E-state index in [1.54, 1.807) is 6.92 Å². The molecule has 0 N–H and O–H groups in total. The van der Waals surface area contributed by atoms with E-state index in [9.17, 15) is 4.79 Å². The van der Waals surface area contributed by atoms with Crippen LogP contribution in [-0.2, 0) is 9.53 Å². The maximum Gasteiger partial charge on any atom is 0.325 e. The molecule has 5 heteroatoms. The molecule has 0 saturated heterocycles. The van der Waals surface area contributed by atoms with Gasteiger partial charge in [-0.2, -0.15) is 0 Å². The number of hydrogen-bond donors (Lipinski definition) is 0. The molecule has 0 radical (unpaired) electrons. The number of anilines is 1. The molecule has 0 spiro atoms. The number of esters is 1. The summed E-state index contributed by atoms with van der Waals surface area (Å²) in [6.07, 6.45) is 1.50. The lowest BCUT2D eigenvalue weighted by atomic mass is 10.4. The quantitative estimate of drug-likeness (QED) is 0.701. The van der Waals surface area contributed by atoms with Crippen LogP contribution in [0.3, 0.4) is 0 Å². The van der Waals surface area contributed by atoms with Crippen molar-refractivity contribution >= 4 is 11.8 Å². The zero-order chi connectivity index (χ0) is 12.0. The van der Waals surface area contributed by atoms with E-state index >= 15 is 0 Å².